The molecule has 0 unspecified atom stereocenters. The zero-order chi connectivity index (χ0) is 16.8. The Labute approximate surface area is 156 Å². The van der Waals surface area contributed by atoms with Gasteiger partial charge in [-0.1, -0.05) is 41.9 Å². The molecule has 1 aliphatic rings. The second-order valence-electron chi connectivity index (χ2n) is 5.60. The third kappa shape index (κ3) is 4.86. The predicted molar refractivity (Wildman–Crippen MR) is 107 cm³/mol. The van der Waals surface area contributed by atoms with Gasteiger partial charge in [-0.2, -0.15) is 5.10 Å². The lowest BCUT2D eigenvalue weighted by Gasteiger charge is -2.34. The molecule has 3 rings (SSSR count). The lowest BCUT2D eigenvalue weighted by Crippen LogP contribution is -2.44. The van der Waals surface area contributed by atoms with Gasteiger partial charge in [0.15, 0.2) is 0 Å². The average molecular weight is 405 g/mol. The fraction of sp³-hybridized carbons (Fsp3) is 0.211. The minimum Gasteiger partial charge on any atom is -0.368 e. The normalized spacial score (nSPS) is 16.0. The Hall–Kier alpha value is -1.78. The van der Waals surface area contributed by atoms with Crippen molar-refractivity contribution in [1.82, 2.24) is 5.01 Å². The maximum atomic E-state index is 5.95. The van der Waals surface area contributed by atoms with E-state index in [1.54, 1.807) is 0 Å². The van der Waals surface area contributed by atoms with Crippen LogP contribution >= 0.6 is 27.5 Å². The van der Waals surface area contributed by atoms with Gasteiger partial charge in [-0.25, -0.2) is 0 Å². The molecule has 0 saturated carbocycles. The van der Waals surface area contributed by atoms with Gasteiger partial charge in [-0.15, -0.1) is 0 Å². The SMILES string of the molecule is Clc1ccc(N2CCN(/N=C/C(Br)=C/c3ccccc3)CC2)cc1. The van der Waals surface area contributed by atoms with Crippen LogP contribution in [0.1, 0.15) is 5.56 Å². The molecule has 2 aromatic carbocycles. The Morgan fingerprint density at radius 1 is 0.958 bits per heavy atom. The number of hydrogen-bond acceptors (Lipinski definition) is 3. The third-order valence-electron chi connectivity index (χ3n) is 3.90. The molecule has 24 heavy (non-hydrogen) atoms. The molecule has 0 spiro atoms. The fourth-order valence-corrected chi connectivity index (χ4v) is 3.09. The van der Waals surface area contributed by atoms with Crippen LogP contribution in [0.15, 0.2) is 64.2 Å². The lowest BCUT2D eigenvalue weighted by atomic mass is 10.2. The van der Waals surface area contributed by atoms with E-state index in [0.717, 1.165) is 41.2 Å². The highest BCUT2D eigenvalue weighted by Crippen LogP contribution is 2.19. The monoisotopic (exact) mass is 403 g/mol. The van der Waals surface area contributed by atoms with Gasteiger partial charge in [0.25, 0.3) is 0 Å². The quantitative estimate of drug-likeness (QED) is 0.676. The molecule has 0 aliphatic carbocycles. The first kappa shape index (κ1) is 17.1. The zero-order valence-corrected chi connectivity index (χ0v) is 15.6. The van der Waals surface area contributed by atoms with Crippen molar-refractivity contribution in [3.63, 3.8) is 0 Å². The molecular weight excluding hydrogens is 386 g/mol. The Morgan fingerprint density at radius 3 is 2.29 bits per heavy atom. The van der Waals surface area contributed by atoms with Crippen LogP contribution in [0, 0.1) is 0 Å². The molecule has 0 amide bonds. The van der Waals surface area contributed by atoms with E-state index in [1.165, 1.54) is 5.69 Å². The van der Waals surface area contributed by atoms with Gasteiger partial charge in [-0.3, -0.25) is 5.01 Å². The minimum atomic E-state index is 0.775. The van der Waals surface area contributed by atoms with Crippen LogP contribution in [0.3, 0.4) is 0 Å². The third-order valence-corrected chi connectivity index (χ3v) is 4.58. The summed E-state index contributed by atoms with van der Waals surface area (Å²) in [6.45, 7) is 3.73. The molecule has 1 fully saturated rings. The fourth-order valence-electron chi connectivity index (χ4n) is 2.60. The number of hydrazone groups is 1. The molecule has 1 aliphatic heterocycles. The molecule has 1 heterocycles. The number of nitrogens with zero attached hydrogens (tertiary/aromatic N) is 3. The second-order valence-corrected chi connectivity index (χ2v) is 6.95. The van der Waals surface area contributed by atoms with Crippen LogP contribution in [-0.2, 0) is 0 Å². The summed E-state index contributed by atoms with van der Waals surface area (Å²) in [5, 5.41) is 7.45. The first-order valence-corrected chi connectivity index (χ1v) is 9.09. The second kappa shape index (κ2) is 8.36. The molecule has 0 aromatic heterocycles. The van der Waals surface area contributed by atoms with Gasteiger partial charge in [0.05, 0.1) is 19.3 Å². The molecule has 5 heteroatoms. The molecule has 1 saturated heterocycles. The van der Waals surface area contributed by atoms with Crippen LogP contribution in [0.2, 0.25) is 5.02 Å². The molecule has 2 aromatic rings. The van der Waals surface area contributed by atoms with E-state index in [-0.39, 0.29) is 0 Å². The molecule has 0 radical (unpaired) electrons. The van der Waals surface area contributed by atoms with Crippen molar-refractivity contribution < 1.29 is 0 Å². The van der Waals surface area contributed by atoms with E-state index in [2.05, 4.69) is 61.3 Å². The molecule has 124 valence electrons. The number of halogens is 2. The summed E-state index contributed by atoms with van der Waals surface area (Å²) < 4.78 is 0.967. The maximum Gasteiger partial charge on any atom is 0.0612 e. The maximum absolute atomic E-state index is 5.95. The van der Waals surface area contributed by atoms with Crippen molar-refractivity contribution in [2.75, 3.05) is 31.1 Å². The molecule has 0 bridgehead atoms. The first-order chi connectivity index (χ1) is 11.7. The van der Waals surface area contributed by atoms with Gasteiger partial charge >= 0.3 is 0 Å². The largest absolute Gasteiger partial charge is 0.368 e. The molecule has 3 nitrogen and oxygen atoms in total. The zero-order valence-electron chi connectivity index (χ0n) is 13.3. The summed E-state index contributed by atoms with van der Waals surface area (Å²) in [5.41, 5.74) is 2.37. The van der Waals surface area contributed by atoms with E-state index < -0.39 is 0 Å². The standard InChI is InChI=1S/C19H19BrClN3/c20-17(14-16-4-2-1-3-5-16)15-22-24-12-10-23(11-13-24)19-8-6-18(21)7-9-19/h1-9,14-15H,10-13H2/b17-14-,22-15+. The van der Waals surface area contributed by atoms with Crippen molar-refractivity contribution in [2.45, 2.75) is 0 Å². The van der Waals surface area contributed by atoms with Crippen molar-refractivity contribution in [3.8, 4) is 0 Å². The number of anilines is 1. The highest BCUT2D eigenvalue weighted by Gasteiger charge is 2.15. The van der Waals surface area contributed by atoms with Crippen molar-refractivity contribution in [3.05, 3.63) is 69.7 Å². The Kier molecular flexibility index (Phi) is 5.94. The van der Waals surface area contributed by atoms with E-state index in [1.807, 2.05) is 36.5 Å². The van der Waals surface area contributed by atoms with Crippen molar-refractivity contribution >= 4 is 45.5 Å². The summed E-state index contributed by atoms with van der Waals surface area (Å²) in [4.78, 5) is 2.36. The summed E-state index contributed by atoms with van der Waals surface area (Å²) in [6.07, 6.45) is 3.93. The summed E-state index contributed by atoms with van der Waals surface area (Å²) >= 11 is 9.51. The van der Waals surface area contributed by atoms with Crippen molar-refractivity contribution in [2.24, 2.45) is 5.10 Å². The number of rotatable bonds is 4. The Morgan fingerprint density at radius 2 is 1.62 bits per heavy atom. The Bertz CT molecular complexity index is 705. The summed E-state index contributed by atoms with van der Waals surface area (Å²) in [7, 11) is 0. The lowest BCUT2D eigenvalue weighted by molar-refractivity contribution is 0.272. The van der Waals surface area contributed by atoms with Crippen molar-refractivity contribution in [1.29, 1.82) is 0 Å². The smallest absolute Gasteiger partial charge is 0.0612 e. The Balaban J connectivity index is 1.53. The van der Waals surface area contributed by atoms with E-state index in [4.69, 9.17) is 11.6 Å². The van der Waals surface area contributed by atoms with Gasteiger partial charge in [0, 0.05) is 28.3 Å². The van der Waals surface area contributed by atoms with E-state index in [0.29, 0.717) is 0 Å². The van der Waals surface area contributed by atoms with Gasteiger partial charge in [0.2, 0.25) is 0 Å². The number of benzene rings is 2. The molecule has 0 atom stereocenters. The topological polar surface area (TPSA) is 18.8 Å². The number of hydrogen-bond donors (Lipinski definition) is 0. The molecular formula is C19H19BrClN3. The predicted octanol–water partition coefficient (Wildman–Crippen LogP) is 4.88. The molecule has 0 N–H and O–H groups in total. The first-order valence-electron chi connectivity index (χ1n) is 7.92. The van der Waals surface area contributed by atoms with Gasteiger partial charge < -0.3 is 4.90 Å². The number of piperazine rings is 1. The summed E-state index contributed by atoms with van der Waals surface area (Å²) in [5.74, 6) is 0. The van der Waals surface area contributed by atoms with E-state index in [9.17, 15) is 0 Å². The van der Waals surface area contributed by atoms with Crippen LogP contribution in [0.5, 0.6) is 0 Å². The minimum absolute atomic E-state index is 0.775. The van der Waals surface area contributed by atoms with Gasteiger partial charge in [-0.05, 0) is 51.8 Å². The summed E-state index contributed by atoms with van der Waals surface area (Å²) in [6, 6.07) is 18.2. The van der Waals surface area contributed by atoms with Gasteiger partial charge in [0.1, 0.15) is 0 Å². The van der Waals surface area contributed by atoms with Crippen LogP contribution in [0.4, 0.5) is 5.69 Å². The number of allylic oxidation sites excluding steroid dienone is 1. The average Bonchev–Trinajstić information content (AvgIpc) is 2.62. The highest BCUT2D eigenvalue weighted by atomic mass is 79.9. The van der Waals surface area contributed by atoms with E-state index >= 15 is 0 Å². The highest BCUT2D eigenvalue weighted by molar-refractivity contribution is 9.12. The van der Waals surface area contributed by atoms with Crippen LogP contribution < -0.4 is 4.90 Å². The van der Waals surface area contributed by atoms with Crippen LogP contribution in [-0.4, -0.2) is 37.4 Å². The van der Waals surface area contributed by atoms with Crippen LogP contribution in [0.25, 0.3) is 6.08 Å².